The molecule has 0 bridgehead atoms. The normalized spacial score (nSPS) is 12.2. The molecular weight excluding hydrogens is 307 g/mol. The zero-order valence-corrected chi connectivity index (χ0v) is 16.5. The fraction of sp³-hybridized carbons (Fsp3) is 1.00. The molecule has 0 rings (SSSR count). The van der Waals surface area contributed by atoms with E-state index >= 15 is 0 Å². The molecule has 21 heavy (non-hydrogen) atoms. The molecule has 0 saturated carbocycles. The Morgan fingerprint density at radius 1 is 0.952 bits per heavy atom. The second kappa shape index (κ2) is 13.2. The molecule has 6 nitrogen and oxygen atoms in total. The van der Waals surface area contributed by atoms with Gasteiger partial charge in [0.2, 0.25) is 10.4 Å². The van der Waals surface area contributed by atoms with Crippen LogP contribution in [0.4, 0.5) is 0 Å². The Labute approximate surface area is 151 Å². The van der Waals surface area contributed by atoms with Gasteiger partial charge < -0.3 is 14.0 Å². The van der Waals surface area contributed by atoms with Crippen LogP contribution in [0.5, 0.6) is 0 Å². The van der Waals surface area contributed by atoms with E-state index in [1.54, 1.807) is 6.92 Å². The molecule has 0 saturated heterocycles. The summed E-state index contributed by atoms with van der Waals surface area (Å²) in [7, 11) is -4.74. The molecule has 0 N–H and O–H groups in total. The molecule has 0 amide bonds. The predicted octanol–water partition coefficient (Wildman–Crippen LogP) is -0.403. The van der Waals surface area contributed by atoms with E-state index in [0.717, 1.165) is 38.5 Å². The van der Waals surface area contributed by atoms with E-state index in [1.165, 1.54) is 0 Å². The average molecular weight is 334 g/mol. The topological polar surface area (TPSA) is 84.9 Å². The summed E-state index contributed by atoms with van der Waals surface area (Å²) in [6, 6.07) is 0. The summed E-state index contributed by atoms with van der Waals surface area (Å²) < 4.78 is 47.0. The van der Waals surface area contributed by atoms with Crippen LogP contribution in [0.3, 0.4) is 0 Å². The maximum Gasteiger partial charge on any atom is 1.00 e. The molecular formula is C13H27NaO6S. The summed E-state index contributed by atoms with van der Waals surface area (Å²) in [5.74, 6) is -1.20. The van der Waals surface area contributed by atoms with E-state index in [-0.39, 0.29) is 29.6 Å². The minimum Gasteiger partial charge on any atom is -0.726 e. The zero-order valence-electron chi connectivity index (χ0n) is 13.7. The Morgan fingerprint density at radius 2 is 1.38 bits per heavy atom. The van der Waals surface area contributed by atoms with Crippen molar-refractivity contribution in [2.24, 2.45) is 0 Å². The third kappa shape index (κ3) is 15.5. The predicted molar refractivity (Wildman–Crippen MR) is 75.0 cm³/mol. The molecule has 0 aromatic heterocycles. The summed E-state index contributed by atoms with van der Waals surface area (Å²) in [6.07, 6.45) is 5.87. The van der Waals surface area contributed by atoms with Crippen molar-refractivity contribution in [3.8, 4) is 0 Å². The monoisotopic (exact) mass is 334 g/mol. The third-order valence-electron chi connectivity index (χ3n) is 2.78. The molecule has 0 aliphatic carbocycles. The van der Waals surface area contributed by atoms with E-state index in [0.29, 0.717) is 13.2 Å². The molecule has 0 heterocycles. The van der Waals surface area contributed by atoms with Crippen LogP contribution in [0, 0.1) is 0 Å². The second-order valence-corrected chi connectivity index (χ2v) is 5.97. The van der Waals surface area contributed by atoms with Gasteiger partial charge in [0.15, 0.2) is 5.79 Å². The zero-order chi connectivity index (χ0) is 15.5. The smallest absolute Gasteiger partial charge is 0.726 e. The van der Waals surface area contributed by atoms with Crippen molar-refractivity contribution in [1.82, 2.24) is 0 Å². The van der Waals surface area contributed by atoms with Crippen LogP contribution in [0.25, 0.3) is 0 Å². The first kappa shape index (κ1) is 24.0. The average Bonchev–Trinajstić information content (AvgIpc) is 2.37. The molecule has 0 aromatic rings. The molecule has 0 radical (unpaired) electrons. The molecule has 0 fully saturated rings. The number of hydrogen-bond acceptors (Lipinski definition) is 6. The summed E-state index contributed by atoms with van der Waals surface area (Å²) in [6.45, 7) is 6.22. The van der Waals surface area contributed by atoms with Gasteiger partial charge in [0.25, 0.3) is 0 Å². The van der Waals surface area contributed by atoms with E-state index in [1.807, 2.05) is 0 Å². The Kier molecular flexibility index (Phi) is 15.2. The molecule has 0 aromatic carbocycles. The molecule has 0 atom stereocenters. The van der Waals surface area contributed by atoms with Crippen LogP contribution in [-0.2, 0) is 24.1 Å². The number of ether oxygens (including phenoxy) is 2. The van der Waals surface area contributed by atoms with Crippen LogP contribution >= 0.6 is 0 Å². The van der Waals surface area contributed by atoms with Crippen LogP contribution in [-0.4, -0.2) is 38.6 Å². The van der Waals surface area contributed by atoms with E-state index in [9.17, 15) is 13.0 Å². The van der Waals surface area contributed by atoms with Crippen LogP contribution in [0.2, 0.25) is 0 Å². The van der Waals surface area contributed by atoms with E-state index < -0.39 is 22.8 Å². The third-order valence-corrected chi connectivity index (χ3v) is 3.18. The van der Waals surface area contributed by atoms with Gasteiger partial charge in [-0.15, -0.1) is 0 Å². The molecule has 0 aliphatic rings. The SMILES string of the molecule is CCCCCOC(C)(COS(=O)(=O)[O-])OCCCCC.[Na+]. The first-order valence-electron chi connectivity index (χ1n) is 7.21. The number of rotatable bonds is 13. The first-order valence-corrected chi connectivity index (χ1v) is 8.54. The first-order chi connectivity index (χ1) is 9.33. The van der Waals surface area contributed by atoms with Crippen LogP contribution in [0.15, 0.2) is 0 Å². The minimum absolute atomic E-state index is 0. The van der Waals surface area contributed by atoms with Crippen molar-refractivity contribution in [2.45, 2.75) is 65.1 Å². The fourth-order valence-corrected chi connectivity index (χ4v) is 1.94. The van der Waals surface area contributed by atoms with Gasteiger partial charge in [-0.2, -0.15) is 0 Å². The van der Waals surface area contributed by atoms with Crippen molar-refractivity contribution in [1.29, 1.82) is 0 Å². The quantitative estimate of drug-likeness (QED) is 0.150. The van der Waals surface area contributed by atoms with E-state index in [4.69, 9.17) is 9.47 Å². The Morgan fingerprint density at radius 3 is 1.71 bits per heavy atom. The largest absolute Gasteiger partial charge is 1.00 e. The molecule has 0 unspecified atom stereocenters. The molecule has 122 valence electrons. The molecule has 8 heteroatoms. The standard InChI is InChI=1S/C13H28O6S.Na/c1-4-6-8-10-17-13(3,12-19-20(14,15)16)18-11-9-7-5-2;/h4-12H2,1-3H3,(H,14,15,16);/q;+1/p-1. The van der Waals surface area contributed by atoms with Gasteiger partial charge in [-0.1, -0.05) is 39.5 Å². The van der Waals surface area contributed by atoms with Crippen molar-refractivity contribution < 1.29 is 56.2 Å². The number of hydrogen-bond donors (Lipinski definition) is 0. The Balaban J connectivity index is 0. The summed E-state index contributed by atoms with van der Waals surface area (Å²) in [4.78, 5) is 0. The fourth-order valence-electron chi connectivity index (χ4n) is 1.58. The van der Waals surface area contributed by atoms with Crippen molar-refractivity contribution >= 4 is 10.4 Å². The Hall–Kier alpha value is 0.790. The van der Waals surface area contributed by atoms with Crippen LogP contribution in [0.1, 0.15) is 59.3 Å². The van der Waals surface area contributed by atoms with Gasteiger partial charge in [0, 0.05) is 0 Å². The molecule has 0 aliphatic heterocycles. The minimum atomic E-state index is -4.74. The summed E-state index contributed by atoms with van der Waals surface area (Å²) in [5.41, 5.74) is 0. The van der Waals surface area contributed by atoms with Crippen molar-refractivity contribution in [2.75, 3.05) is 19.8 Å². The van der Waals surface area contributed by atoms with Gasteiger partial charge >= 0.3 is 29.6 Å². The van der Waals surface area contributed by atoms with Crippen LogP contribution < -0.4 is 29.6 Å². The Bertz CT molecular complexity index is 322. The van der Waals surface area contributed by atoms with E-state index in [2.05, 4.69) is 18.0 Å². The number of unbranched alkanes of at least 4 members (excludes halogenated alkanes) is 4. The van der Waals surface area contributed by atoms with Gasteiger partial charge in [0.1, 0.15) is 6.61 Å². The van der Waals surface area contributed by atoms with Gasteiger partial charge in [-0.3, -0.25) is 4.18 Å². The van der Waals surface area contributed by atoms with Crippen molar-refractivity contribution in [3.05, 3.63) is 0 Å². The second-order valence-electron chi connectivity index (χ2n) is 4.92. The maximum atomic E-state index is 10.5. The molecule has 0 spiro atoms. The van der Waals surface area contributed by atoms with Gasteiger partial charge in [0.05, 0.1) is 13.2 Å². The van der Waals surface area contributed by atoms with Gasteiger partial charge in [-0.25, -0.2) is 8.42 Å². The van der Waals surface area contributed by atoms with Crippen molar-refractivity contribution in [3.63, 3.8) is 0 Å². The summed E-state index contributed by atoms with van der Waals surface area (Å²) >= 11 is 0. The van der Waals surface area contributed by atoms with Gasteiger partial charge in [-0.05, 0) is 19.8 Å². The summed E-state index contributed by atoms with van der Waals surface area (Å²) in [5, 5.41) is 0. The maximum absolute atomic E-state index is 10.5.